The van der Waals surface area contributed by atoms with E-state index < -0.39 is 13.8 Å². The van der Waals surface area contributed by atoms with Gasteiger partial charge in [-0.25, -0.2) is 0 Å². The SMILES string of the molecule is O=P(O)(O)CC(Cl)=CCCl. The van der Waals surface area contributed by atoms with Gasteiger partial charge in [-0.05, 0) is 0 Å². The first-order chi connectivity index (χ1) is 4.45. The van der Waals surface area contributed by atoms with Crippen LogP contribution >= 0.6 is 30.8 Å². The molecule has 0 saturated heterocycles. The van der Waals surface area contributed by atoms with E-state index in [1.165, 1.54) is 6.08 Å². The van der Waals surface area contributed by atoms with Crippen LogP contribution in [0, 0.1) is 0 Å². The van der Waals surface area contributed by atoms with Crippen molar-refractivity contribution in [2.75, 3.05) is 12.0 Å². The summed E-state index contributed by atoms with van der Waals surface area (Å²) in [6.07, 6.45) is 0.920. The first-order valence-electron chi connectivity index (χ1n) is 2.41. The highest BCUT2D eigenvalue weighted by atomic mass is 35.5. The maximum atomic E-state index is 10.2. The molecule has 0 aromatic rings. The number of alkyl halides is 1. The van der Waals surface area contributed by atoms with Crippen LogP contribution in [0.25, 0.3) is 0 Å². The second-order valence-electron chi connectivity index (χ2n) is 1.63. The molecule has 0 bridgehead atoms. The maximum Gasteiger partial charge on any atom is 0.330 e. The number of allylic oxidation sites excluding steroid dienone is 2. The summed E-state index contributed by atoms with van der Waals surface area (Å²) in [5.74, 6) is 0.166. The Bertz CT molecular complexity index is 173. The third-order valence-corrected chi connectivity index (χ3v) is 2.04. The fourth-order valence-electron chi connectivity index (χ4n) is 0.345. The highest BCUT2D eigenvalue weighted by Crippen LogP contribution is 2.37. The highest BCUT2D eigenvalue weighted by Gasteiger charge is 2.13. The number of hydrogen-bond acceptors (Lipinski definition) is 1. The smallest absolute Gasteiger partial charge is 0.324 e. The molecule has 0 aliphatic carbocycles. The zero-order valence-electron chi connectivity index (χ0n) is 5.00. The lowest BCUT2D eigenvalue weighted by Crippen LogP contribution is -1.87. The highest BCUT2D eigenvalue weighted by molar-refractivity contribution is 7.52. The van der Waals surface area contributed by atoms with Gasteiger partial charge in [0.25, 0.3) is 0 Å². The van der Waals surface area contributed by atoms with E-state index in [4.69, 9.17) is 33.0 Å². The van der Waals surface area contributed by atoms with Gasteiger partial charge in [0.15, 0.2) is 0 Å². The Kier molecular flexibility index (Phi) is 4.57. The molecule has 0 aromatic carbocycles. The summed E-state index contributed by atoms with van der Waals surface area (Å²) in [4.78, 5) is 16.7. The molecular weight excluding hydrogens is 198 g/mol. The van der Waals surface area contributed by atoms with E-state index in [2.05, 4.69) is 0 Å². The predicted octanol–water partition coefficient (Wildman–Crippen LogP) is 1.53. The molecule has 0 fully saturated rings. The van der Waals surface area contributed by atoms with Crippen molar-refractivity contribution in [2.24, 2.45) is 0 Å². The van der Waals surface area contributed by atoms with Crippen LogP contribution in [0.2, 0.25) is 0 Å². The molecule has 10 heavy (non-hydrogen) atoms. The second kappa shape index (κ2) is 4.37. The minimum absolute atomic E-state index is 0.100. The summed E-state index contributed by atoms with van der Waals surface area (Å²) >= 11 is 10.6. The van der Waals surface area contributed by atoms with Crippen LogP contribution < -0.4 is 0 Å². The van der Waals surface area contributed by atoms with Gasteiger partial charge in [0, 0.05) is 10.9 Å². The van der Waals surface area contributed by atoms with E-state index in [0.717, 1.165) is 0 Å². The van der Waals surface area contributed by atoms with Crippen LogP contribution in [-0.2, 0) is 4.57 Å². The van der Waals surface area contributed by atoms with E-state index in [9.17, 15) is 4.57 Å². The lowest BCUT2D eigenvalue weighted by molar-refractivity contribution is 0.376. The lowest BCUT2D eigenvalue weighted by Gasteiger charge is -2.00. The van der Waals surface area contributed by atoms with Gasteiger partial charge < -0.3 is 9.79 Å². The zero-order chi connectivity index (χ0) is 8.20. The molecular formula is C4H7Cl2O3P. The second-order valence-corrected chi connectivity index (χ2v) is 4.07. The Morgan fingerprint density at radius 1 is 1.60 bits per heavy atom. The summed E-state index contributed by atoms with van der Waals surface area (Å²) in [7, 11) is -4.01. The Morgan fingerprint density at radius 3 is 2.40 bits per heavy atom. The van der Waals surface area contributed by atoms with Gasteiger partial charge in [-0.3, -0.25) is 4.57 Å². The van der Waals surface area contributed by atoms with E-state index in [-0.39, 0.29) is 10.9 Å². The molecule has 0 aliphatic rings. The van der Waals surface area contributed by atoms with Crippen molar-refractivity contribution in [1.82, 2.24) is 0 Å². The first kappa shape index (κ1) is 10.5. The van der Waals surface area contributed by atoms with Crippen LogP contribution in [0.15, 0.2) is 11.1 Å². The van der Waals surface area contributed by atoms with Crippen molar-refractivity contribution >= 4 is 30.8 Å². The Labute approximate surface area is 68.8 Å². The molecule has 0 aliphatic heterocycles. The predicted molar refractivity (Wildman–Crippen MR) is 41.6 cm³/mol. The van der Waals surface area contributed by atoms with Crippen LogP contribution in [-0.4, -0.2) is 21.8 Å². The molecule has 0 aromatic heterocycles. The molecule has 0 spiro atoms. The molecule has 3 nitrogen and oxygen atoms in total. The number of rotatable bonds is 3. The molecule has 6 heteroatoms. The topological polar surface area (TPSA) is 57.5 Å². The molecule has 0 rings (SSSR count). The third kappa shape index (κ3) is 6.59. The third-order valence-electron chi connectivity index (χ3n) is 0.656. The van der Waals surface area contributed by atoms with Gasteiger partial charge in [-0.2, -0.15) is 0 Å². The van der Waals surface area contributed by atoms with Gasteiger partial charge in [-0.15, -0.1) is 11.6 Å². The van der Waals surface area contributed by atoms with Crippen molar-refractivity contribution in [3.05, 3.63) is 11.1 Å². The summed E-state index contributed by atoms with van der Waals surface area (Å²) in [5, 5.41) is 0.100. The fraction of sp³-hybridized carbons (Fsp3) is 0.500. The van der Waals surface area contributed by atoms with E-state index in [1.54, 1.807) is 0 Å². The van der Waals surface area contributed by atoms with Gasteiger partial charge in [0.2, 0.25) is 0 Å². The molecule has 0 saturated carbocycles. The molecule has 2 N–H and O–H groups in total. The van der Waals surface area contributed by atoms with Gasteiger partial charge >= 0.3 is 7.60 Å². The average molecular weight is 205 g/mol. The first-order valence-corrected chi connectivity index (χ1v) is 5.12. The molecule has 60 valence electrons. The van der Waals surface area contributed by atoms with Crippen molar-refractivity contribution in [3.63, 3.8) is 0 Å². The number of halogens is 2. The summed E-state index contributed by atoms with van der Waals surface area (Å²) in [5.41, 5.74) is 0. The van der Waals surface area contributed by atoms with Crippen molar-refractivity contribution < 1.29 is 14.4 Å². The number of hydrogen-bond donors (Lipinski definition) is 2. The Morgan fingerprint density at radius 2 is 2.10 bits per heavy atom. The zero-order valence-corrected chi connectivity index (χ0v) is 7.40. The Hall–Kier alpha value is 0.470. The van der Waals surface area contributed by atoms with Gasteiger partial charge in [0.05, 0.1) is 6.16 Å². The molecule has 0 radical (unpaired) electrons. The normalized spacial score (nSPS) is 13.8. The summed E-state index contributed by atoms with van der Waals surface area (Å²) in [6, 6.07) is 0. The molecule has 0 heterocycles. The largest absolute Gasteiger partial charge is 0.330 e. The van der Waals surface area contributed by atoms with Crippen LogP contribution in [0.3, 0.4) is 0 Å². The fourth-order valence-corrected chi connectivity index (χ4v) is 1.68. The lowest BCUT2D eigenvalue weighted by atomic mass is 10.6. The van der Waals surface area contributed by atoms with Crippen molar-refractivity contribution in [2.45, 2.75) is 0 Å². The Balaban J connectivity index is 3.92. The van der Waals surface area contributed by atoms with E-state index in [1.807, 2.05) is 0 Å². The molecule has 0 amide bonds. The van der Waals surface area contributed by atoms with Gasteiger partial charge in [-0.1, -0.05) is 17.7 Å². The molecule has 0 atom stereocenters. The van der Waals surface area contributed by atoms with Crippen molar-refractivity contribution in [3.8, 4) is 0 Å². The summed E-state index contributed by atoms with van der Waals surface area (Å²) in [6.45, 7) is 0. The van der Waals surface area contributed by atoms with Crippen molar-refractivity contribution in [1.29, 1.82) is 0 Å². The van der Waals surface area contributed by atoms with E-state index >= 15 is 0 Å². The quantitative estimate of drug-likeness (QED) is 0.542. The minimum Gasteiger partial charge on any atom is -0.324 e. The van der Waals surface area contributed by atoms with Crippen LogP contribution in [0.5, 0.6) is 0 Å². The molecule has 0 unspecified atom stereocenters. The maximum absolute atomic E-state index is 10.2. The van der Waals surface area contributed by atoms with Crippen LogP contribution in [0.1, 0.15) is 0 Å². The minimum atomic E-state index is -4.01. The van der Waals surface area contributed by atoms with Gasteiger partial charge in [0.1, 0.15) is 0 Å². The summed E-state index contributed by atoms with van der Waals surface area (Å²) < 4.78 is 10.2. The van der Waals surface area contributed by atoms with E-state index in [0.29, 0.717) is 0 Å². The monoisotopic (exact) mass is 204 g/mol. The standard InChI is InChI=1S/C4H7Cl2O3P/c5-2-1-4(6)3-10(7,8)9/h1H,2-3H2,(H2,7,8,9). The average Bonchev–Trinajstić information content (AvgIpc) is 1.59. The van der Waals surface area contributed by atoms with Crippen LogP contribution in [0.4, 0.5) is 0 Å².